The molecular formula is C16H10Cl2F2N2. The second-order valence-corrected chi connectivity index (χ2v) is 5.57. The van der Waals surface area contributed by atoms with Gasteiger partial charge in [0.05, 0.1) is 16.0 Å². The number of hydrogen-bond donors (Lipinski definition) is 1. The summed E-state index contributed by atoms with van der Waals surface area (Å²) in [5, 5.41) is 0.0320. The van der Waals surface area contributed by atoms with Crippen LogP contribution in [-0.4, -0.2) is 9.97 Å². The van der Waals surface area contributed by atoms with Crippen molar-refractivity contribution in [3.63, 3.8) is 0 Å². The number of nitrogens with one attached hydrogen (secondary N) is 1. The number of halogens is 4. The highest BCUT2D eigenvalue weighted by molar-refractivity contribution is 6.31. The number of hydrogen-bond acceptors (Lipinski definition) is 1. The lowest BCUT2D eigenvalue weighted by Crippen LogP contribution is -2.06. The van der Waals surface area contributed by atoms with Crippen LogP contribution in [0, 0.1) is 11.6 Å². The van der Waals surface area contributed by atoms with Gasteiger partial charge in [-0.15, -0.1) is 0 Å². The van der Waals surface area contributed by atoms with Crippen LogP contribution in [0.15, 0.2) is 48.8 Å². The molecular weight excluding hydrogens is 329 g/mol. The summed E-state index contributed by atoms with van der Waals surface area (Å²) in [6, 6.07) is 8.87. The molecule has 1 aromatic heterocycles. The smallest absolute Gasteiger partial charge is 0.141 e. The average Bonchev–Trinajstić information content (AvgIpc) is 3.01. The number of rotatable bonds is 3. The van der Waals surface area contributed by atoms with E-state index < -0.39 is 11.6 Å². The average molecular weight is 339 g/mol. The Hall–Kier alpha value is -1.91. The van der Waals surface area contributed by atoms with E-state index in [4.69, 9.17) is 23.2 Å². The van der Waals surface area contributed by atoms with E-state index in [1.54, 1.807) is 24.5 Å². The van der Waals surface area contributed by atoms with Crippen LogP contribution in [0.4, 0.5) is 8.78 Å². The predicted octanol–water partition coefficient (Wildman–Crippen LogP) is 5.17. The highest BCUT2D eigenvalue weighted by Crippen LogP contribution is 2.33. The van der Waals surface area contributed by atoms with Gasteiger partial charge in [0.1, 0.15) is 17.5 Å². The van der Waals surface area contributed by atoms with E-state index in [-0.39, 0.29) is 16.0 Å². The van der Waals surface area contributed by atoms with E-state index in [0.717, 1.165) is 11.1 Å². The lowest BCUT2D eigenvalue weighted by Gasteiger charge is -2.17. The van der Waals surface area contributed by atoms with Gasteiger partial charge in [-0.25, -0.2) is 13.8 Å². The SMILES string of the molecule is Fc1ccc(C(c2ccc(F)c(Cl)c2)c2ncc[nH]2)cc1Cl. The molecule has 0 saturated heterocycles. The lowest BCUT2D eigenvalue weighted by molar-refractivity contribution is 0.626. The van der Waals surface area contributed by atoms with E-state index in [0.29, 0.717) is 5.82 Å². The van der Waals surface area contributed by atoms with Crippen molar-refractivity contribution in [2.75, 3.05) is 0 Å². The van der Waals surface area contributed by atoms with Crippen LogP contribution in [0.2, 0.25) is 10.0 Å². The van der Waals surface area contributed by atoms with Gasteiger partial charge in [0.2, 0.25) is 0 Å². The fourth-order valence-corrected chi connectivity index (χ4v) is 2.71. The predicted molar refractivity (Wildman–Crippen MR) is 82.4 cm³/mol. The minimum absolute atomic E-state index is 0.0160. The number of H-pyrrole nitrogens is 1. The first-order chi connectivity index (χ1) is 10.6. The standard InChI is InChI=1S/C16H10Cl2F2N2/c17-11-7-9(1-3-13(11)19)15(16-21-5-6-22-16)10-2-4-14(20)12(18)8-10/h1-8,15H,(H,21,22). The summed E-state index contributed by atoms with van der Waals surface area (Å²) in [7, 11) is 0. The Kier molecular flexibility index (Phi) is 4.14. The number of benzene rings is 2. The molecule has 22 heavy (non-hydrogen) atoms. The Bertz CT molecular complexity index is 752. The summed E-state index contributed by atoms with van der Waals surface area (Å²) in [5.41, 5.74) is 1.45. The van der Waals surface area contributed by atoms with Gasteiger partial charge in [-0.2, -0.15) is 0 Å². The van der Waals surface area contributed by atoms with Crippen molar-refractivity contribution in [1.29, 1.82) is 0 Å². The molecule has 112 valence electrons. The molecule has 0 aliphatic carbocycles. The number of aromatic amines is 1. The summed E-state index contributed by atoms with van der Waals surface area (Å²) >= 11 is 11.7. The molecule has 0 atom stereocenters. The molecule has 6 heteroatoms. The zero-order valence-corrected chi connectivity index (χ0v) is 12.7. The number of aromatic nitrogens is 2. The van der Waals surface area contributed by atoms with Crippen LogP contribution in [0.1, 0.15) is 22.9 Å². The quantitative estimate of drug-likeness (QED) is 0.700. The van der Waals surface area contributed by atoms with Crippen LogP contribution >= 0.6 is 23.2 Å². The van der Waals surface area contributed by atoms with E-state index >= 15 is 0 Å². The van der Waals surface area contributed by atoms with Crippen molar-refractivity contribution < 1.29 is 8.78 Å². The van der Waals surface area contributed by atoms with Crippen LogP contribution in [0.3, 0.4) is 0 Å². The minimum atomic E-state index is -0.499. The summed E-state index contributed by atoms with van der Waals surface area (Å²) in [6.07, 6.45) is 3.29. The maximum absolute atomic E-state index is 13.4. The Labute approximate surface area is 135 Å². The van der Waals surface area contributed by atoms with Crippen molar-refractivity contribution in [3.8, 4) is 0 Å². The molecule has 0 unspecified atom stereocenters. The summed E-state index contributed by atoms with van der Waals surface area (Å²) in [4.78, 5) is 7.26. The maximum atomic E-state index is 13.4. The molecule has 1 heterocycles. The van der Waals surface area contributed by atoms with E-state index in [9.17, 15) is 8.78 Å². The zero-order valence-electron chi connectivity index (χ0n) is 11.2. The van der Waals surface area contributed by atoms with Gasteiger partial charge < -0.3 is 4.98 Å². The Morgan fingerprint density at radius 2 is 1.45 bits per heavy atom. The monoisotopic (exact) mass is 338 g/mol. The van der Waals surface area contributed by atoms with Gasteiger partial charge in [0, 0.05) is 12.4 Å². The molecule has 0 spiro atoms. The molecule has 0 fully saturated rings. The molecule has 2 nitrogen and oxygen atoms in total. The van der Waals surface area contributed by atoms with Crippen molar-refractivity contribution >= 4 is 23.2 Å². The molecule has 3 rings (SSSR count). The Morgan fingerprint density at radius 3 is 1.86 bits per heavy atom. The number of nitrogens with zero attached hydrogens (tertiary/aromatic N) is 1. The van der Waals surface area contributed by atoms with Crippen LogP contribution in [0.25, 0.3) is 0 Å². The van der Waals surface area contributed by atoms with E-state index in [1.807, 2.05) is 0 Å². The van der Waals surface area contributed by atoms with Crippen molar-refractivity contribution in [2.45, 2.75) is 5.92 Å². The van der Waals surface area contributed by atoms with Gasteiger partial charge >= 0.3 is 0 Å². The molecule has 3 aromatic rings. The zero-order chi connectivity index (χ0) is 15.7. The van der Waals surface area contributed by atoms with Crippen molar-refractivity contribution in [2.24, 2.45) is 0 Å². The largest absolute Gasteiger partial charge is 0.348 e. The molecule has 0 aliphatic rings. The first kappa shape index (κ1) is 15.0. The van der Waals surface area contributed by atoms with Gasteiger partial charge in [-0.1, -0.05) is 35.3 Å². The van der Waals surface area contributed by atoms with Crippen LogP contribution in [-0.2, 0) is 0 Å². The number of imidazole rings is 1. The van der Waals surface area contributed by atoms with E-state index in [2.05, 4.69) is 9.97 Å². The van der Waals surface area contributed by atoms with E-state index in [1.165, 1.54) is 24.3 Å². The van der Waals surface area contributed by atoms with Crippen LogP contribution < -0.4 is 0 Å². The summed E-state index contributed by atoms with van der Waals surface area (Å²) < 4.78 is 26.8. The first-order valence-electron chi connectivity index (χ1n) is 6.45. The highest BCUT2D eigenvalue weighted by Gasteiger charge is 2.21. The fraction of sp³-hybridized carbons (Fsp3) is 0.0625. The molecule has 1 N–H and O–H groups in total. The van der Waals surface area contributed by atoms with Gasteiger partial charge in [0.15, 0.2) is 0 Å². The fourth-order valence-electron chi connectivity index (χ4n) is 2.33. The molecule has 0 radical (unpaired) electrons. The van der Waals surface area contributed by atoms with Crippen LogP contribution in [0.5, 0.6) is 0 Å². The third-order valence-corrected chi connectivity index (χ3v) is 3.93. The summed E-state index contributed by atoms with van der Waals surface area (Å²) in [5.74, 6) is -0.724. The van der Waals surface area contributed by atoms with Crippen molar-refractivity contribution in [1.82, 2.24) is 9.97 Å². The highest BCUT2D eigenvalue weighted by atomic mass is 35.5. The summed E-state index contributed by atoms with van der Waals surface area (Å²) in [6.45, 7) is 0. The second-order valence-electron chi connectivity index (χ2n) is 4.75. The first-order valence-corrected chi connectivity index (χ1v) is 7.21. The Morgan fingerprint density at radius 1 is 0.909 bits per heavy atom. The van der Waals surface area contributed by atoms with Gasteiger partial charge in [0.25, 0.3) is 0 Å². The normalized spacial score (nSPS) is 11.1. The lowest BCUT2D eigenvalue weighted by atomic mass is 9.90. The topological polar surface area (TPSA) is 28.7 Å². The minimum Gasteiger partial charge on any atom is -0.348 e. The van der Waals surface area contributed by atoms with Gasteiger partial charge in [-0.3, -0.25) is 0 Å². The molecule has 0 bridgehead atoms. The maximum Gasteiger partial charge on any atom is 0.141 e. The molecule has 2 aromatic carbocycles. The Balaban J connectivity index is 2.15. The molecule has 0 amide bonds. The second kappa shape index (κ2) is 6.07. The molecule has 0 aliphatic heterocycles. The third-order valence-electron chi connectivity index (χ3n) is 3.35. The molecule has 0 saturated carbocycles. The van der Waals surface area contributed by atoms with Gasteiger partial charge in [-0.05, 0) is 35.4 Å². The third kappa shape index (κ3) is 2.85. The van der Waals surface area contributed by atoms with Crippen molar-refractivity contribution in [3.05, 3.63) is 87.4 Å².